The Morgan fingerprint density at radius 3 is 2.95 bits per heavy atom. The van der Waals surface area contributed by atoms with E-state index in [1.165, 1.54) is 22.4 Å². The van der Waals surface area contributed by atoms with Gasteiger partial charge in [-0.05, 0) is 19.4 Å². The molecule has 1 atom stereocenters. The molecule has 0 radical (unpaired) electrons. The standard InChI is InChI=1S/C13H15N5S/c1-7-14-12-11-9-4-5-17(3)6-10(9)19-13(11)15-8(2)18(12)16-7/h4-6H2,1-3H3/p+1. The number of hydrogen-bond donors (Lipinski definition) is 1. The van der Waals surface area contributed by atoms with Gasteiger partial charge in [0.05, 0.1) is 23.9 Å². The minimum Gasteiger partial charge on any atom is -0.333 e. The number of aryl methyl sites for hydroxylation is 2. The van der Waals surface area contributed by atoms with Crippen LogP contribution >= 0.6 is 11.3 Å². The first-order valence-electron chi connectivity index (χ1n) is 6.59. The minimum atomic E-state index is 0.816. The molecule has 0 spiro atoms. The van der Waals surface area contributed by atoms with Gasteiger partial charge in [0.25, 0.3) is 0 Å². The van der Waals surface area contributed by atoms with E-state index in [0.29, 0.717) is 0 Å². The zero-order valence-corrected chi connectivity index (χ0v) is 12.1. The lowest BCUT2D eigenvalue weighted by molar-refractivity contribution is -0.895. The van der Waals surface area contributed by atoms with Crippen LogP contribution in [0.15, 0.2) is 0 Å². The molecular formula is C13H16N5S+. The molecule has 0 amide bonds. The van der Waals surface area contributed by atoms with Crippen molar-refractivity contribution in [2.75, 3.05) is 13.6 Å². The number of nitrogens with zero attached hydrogens (tertiary/aromatic N) is 4. The summed E-state index contributed by atoms with van der Waals surface area (Å²) < 4.78 is 1.88. The molecule has 0 saturated heterocycles. The molecule has 98 valence electrons. The molecule has 5 nitrogen and oxygen atoms in total. The Kier molecular flexibility index (Phi) is 2.23. The summed E-state index contributed by atoms with van der Waals surface area (Å²) in [6.45, 7) is 6.23. The third-order valence-electron chi connectivity index (χ3n) is 3.84. The van der Waals surface area contributed by atoms with Crippen LogP contribution in [-0.2, 0) is 13.0 Å². The molecule has 4 rings (SSSR count). The molecule has 3 aromatic rings. The van der Waals surface area contributed by atoms with Crippen molar-refractivity contribution in [2.24, 2.45) is 0 Å². The highest BCUT2D eigenvalue weighted by Gasteiger charge is 2.25. The van der Waals surface area contributed by atoms with Gasteiger partial charge in [0.1, 0.15) is 23.0 Å². The van der Waals surface area contributed by atoms with Gasteiger partial charge in [-0.25, -0.2) is 9.97 Å². The number of likely N-dealkylation sites (N-methyl/N-ethyl adjacent to an activating group) is 1. The Labute approximate surface area is 114 Å². The third kappa shape index (κ3) is 1.53. The maximum atomic E-state index is 4.72. The van der Waals surface area contributed by atoms with Crippen molar-refractivity contribution in [1.82, 2.24) is 19.6 Å². The molecule has 0 fully saturated rings. The normalized spacial score (nSPS) is 19.2. The van der Waals surface area contributed by atoms with E-state index in [-0.39, 0.29) is 0 Å². The number of quaternary nitrogens is 1. The summed E-state index contributed by atoms with van der Waals surface area (Å²) in [5, 5.41) is 5.68. The first kappa shape index (κ1) is 11.3. The first-order valence-corrected chi connectivity index (χ1v) is 7.40. The molecule has 19 heavy (non-hydrogen) atoms. The van der Waals surface area contributed by atoms with Gasteiger partial charge in [-0.1, -0.05) is 0 Å². The lowest BCUT2D eigenvalue weighted by Gasteiger charge is -2.19. The van der Waals surface area contributed by atoms with Crippen LogP contribution in [0.1, 0.15) is 22.1 Å². The fourth-order valence-corrected chi connectivity index (χ4v) is 4.29. The van der Waals surface area contributed by atoms with Crippen molar-refractivity contribution in [3.8, 4) is 0 Å². The van der Waals surface area contributed by atoms with E-state index in [9.17, 15) is 0 Å². The fraction of sp³-hybridized carbons (Fsp3) is 0.462. The molecule has 0 bridgehead atoms. The lowest BCUT2D eigenvalue weighted by Crippen LogP contribution is -3.08. The van der Waals surface area contributed by atoms with Gasteiger partial charge in [0.15, 0.2) is 5.65 Å². The van der Waals surface area contributed by atoms with Crippen molar-refractivity contribution in [3.05, 3.63) is 22.1 Å². The fourth-order valence-electron chi connectivity index (χ4n) is 2.91. The summed E-state index contributed by atoms with van der Waals surface area (Å²) in [5.41, 5.74) is 2.44. The zero-order valence-electron chi connectivity index (χ0n) is 11.3. The topological polar surface area (TPSA) is 47.5 Å². The second-order valence-corrected chi connectivity index (χ2v) is 6.45. The van der Waals surface area contributed by atoms with E-state index in [4.69, 9.17) is 4.98 Å². The second-order valence-electron chi connectivity index (χ2n) is 5.37. The van der Waals surface area contributed by atoms with Gasteiger partial charge in [-0.2, -0.15) is 4.52 Å². The molecule has 1 unspecified atom stereocenters. The number of fused-ring (bicyclic) bond motifs is 5. The van der Waals surface area contributed by atoms with Gasteiger partial charge >= 0.3 is 0 Å². The number of hydrogen-bond acceptors (Lipinski definition) is 4. The number of rotatable bonds is 0. The highest BCUT2D eigenvalue weighted by Crippen LogP contribution is 2.33. The van der Waals surface area contributed by atoms with Crippen molar-refractivity contribution < 1.29 is 4.90 Å². The van der Waals surface area contributed by atoms with E-state index < -0.39 is 0 Å². The van der Waals surface area contributed by atoms with Crippen LogP contribution in [0.25, 0.3) is 15.9 Å². The van der Waals surface area contributed by atoms with E-state index in [2.05, 4.69) is 17.1 Å². The summed E-state index contributed by atoms with van der Waals surface area (Å²) in [5.74, 6) is 1.73. The molecule has 1 aliphatic rings. The van der Waals surface area contributed by atoms with Crippen LogP contribution in [0.4, 0.5) is 0 Å². The first-order chi connectivity index (χ1) is 9.13. The van der Waals surface area contributed by atoms with Crippen LogP contribution in [0.2, 0.25) is 0 Å². The monoisotopic (exact) mass is 274 g/mol. The molecule has 1 N–H and O–H groups in total. The maximum Gasteiger partial charge on any atom is 0.168 e. The van der Waals surface area contributed by atoms with Crippen LogP contribution < -0.4 is 4.90 Å². The second kappa shape index (κ2) is 3.74. The van der Waals surface area contributed by atoms with Gasteiger partial charge in [0, 0.05) is 6.42 Å². The van der Waals surface area contributed by atoms with Gasteiger partial charge in [0.2, 0.25) is 0 Å². The Morgan fingerprint density at radius 2 is 2.11 bits per heavy atom. The zero-order chi connectivity index (χ0) is 13.1. The minimum absolute atomic E-state index is 0.816. The van der Waals surface area contributed by atoms with Crippen molar-refractivity contribution in [1.29, 1.82) is 0 Å². The van der Waals surface area contributed by atoms with E-state index >= 15 is 0 Å². The predicted octanol–water partition coefficient (Wildman–Crippen LogP) is 0.527. The van der Waals surface area contributed by atoms with E-state index in [1.807, 2.05) is 29.7 Å². The number of thiophene rings is 1. The molecular weight excluding hydrogens is 258 g/mol. The third-order valence-corrected chi connectivity index (χ3v) is 4.97. The lowest BCUT2D eigenvalue weighted by atomic mass is 10.1. The van der Waals surface area contributed by atoms with Gasteiger partial charge < -0.3 is 4.90 Å². The Balaban J connectivity index is 2.14. The highest BCUT2D eigenvalue weighted by atomic mass is 32.1. The molecule has 0 aromatic carbocycles. The average Bonchev–Trinajstić information content (AvgIpc) is 2.88. The summed E-state index contributed by atoms with van der Waals surface area (Å²) >= 11 is 1.83. The molecule has 6 heteroatoms. The maximum absolute atomic E-state index is 4.72. The smallest absolute Gasteiger partial charge is 0.168 e. The van der Waals surface area contributed by atoms with Crippen LogP contribution in [0, 0.1) is 13.8 Å². The molecule has 0 aliphatic carbocycles. The Hall–Kier alpha value is -1.53. The average molecular weight is 274 g/mol. The van der Waals surface area contributed by atoms with E-state index in [1.54, 1.807) is 4.90 Å². The molecule has 1 aliphatic heterocycles. The number of nitrogens with one attached hydrogen (secondary N) is 1. The predicted molar refractivity (Wildman–Crippen MR) is 74.8 cm³/mol. The highest BCUT2D eigenvalue weighted by molar-refractivity contribution is 7.19. The Morgan fingerprint density at radius 1 is 1.26 bits per heavy atom. The largest absolute Gasteiger partial charge is 0.333 e. The summed E-state index contributed by atoms with van der Waals surface area (Å²) in [7, 11) is 2.25. The summed E-state index contributed by atoms with van der Waals surface area (Å²) in [4.78, 5) is 13.5. The van der Waals surface area contributed by atoms with Crippen molar-refractivity contribution in [2.45, 2.75) is 26.8 Å². The van der Waals surface area contributed by atoms with Crippen LogP contribution in [-0.4, -0.2) is 33.2 Å². The molecule has 3 aromatic heterocycles. The van der Waals surface area contributed by atoms with E-state index in [0.717, 1.165) is 35.1 Å². The van der Waals surface area contributed by atoms with Crippen LogP contribution in [0.3, 0.4) is 0 Å². The molecule has 0 saturated carbocycles. The Bertz CT molecular complexity index is 800. The summed E-state index contributed by atoms with van der Waals surface area (Å²) in [6, 6.07) is 0. The number of aromatic nitrogens is 4. The molecule has 4 heterocycles. The van der Waals surface area contributed by atoms with Gasteiger partial charge in [-0.15, -0.1) is 16.4 Å². The van der Waals surface area contributed by atoms with Crippen molar-refractivity contribution >= 4 is 27.2 Å². The summed E-state index contributed by atoms with van der Waals surface area (Å²) in [6.07, 6.45) is 1.12. The van der Waals surface area contributed by atoms with Gasteiger partial charge in [-0.3, -0.25) is 0 Å². The quantitative estimate of drug-likeness (QED) is 0.650. The SMILES string of the molecule is Cc1nc2c3c4c(sc3nc(C)n2n1)C[NH+](C)CC4. The van der Waals surface area contributed by atoms with Crippen LogP contribution in [0.5, 0.6) is 0 Å². The van der Waals surface area contributed by atoms with Crippen molar-refractivity contribution in [3.63, 3.8) is 0 Å².